The molecular weight excluding hydrogens is 310 g/mol. The lowest BCUT2D eigenvalue weighted by Gasteiger charge is -2.15. The zero-order valence-corrected chi connectivity index (χ0v) is 15.6. The first kappa shape index (κ1) is 19.3. The van der Waals surface area contributed by atoms with Gasteiger partial charge in [-0.25, -0.2) is 0 Å². The molecule has 0 atom stereocenters. The molecule has 0 radical (unpaired) electrons. The number of para-hydroxylation sites is 1. The third-order valence-electron chi connectivity index (χ3n) is 4.26. The number of unbranched alkanes of at least 4 members (excludes halogenated alkanes) is 4. The Kier molecular flexibility index (Phi) is 8.92. The highest BCUT2D eigenvalue weighted by molar-refractivity contribution is 5.46. The molecule has 136 valence electrons. The van der Waals surface area contributed by atoms with Gasteiger partial charge in [0.15, 0.2) is 11.5 Å². The largest absolute Gasteiger partial charge is 0.493 e. The van der Waals surface area contributed by atoms with Gasteiger partial charge in [-0.15, -0.1) is 0 Å². The number of methoxy groups -OCH3 is 1. The summed E-state index contributed by atoms with van der Waals surface area (Å²) in [6, 6.07) is 16.5. The highest BCUT2D eigenvalue weighted by Crippen LogP contribution is 2.31. The van der Waals surface area contributed by atoms with Crippen molar-refractivity contribution in [2.45, 2.75) is 52.1 Å². The van der Waals surface area contributed by atoms with Gasteiger partial charge in [-0.2, -0.15) is 0 Å². The van der Waals surface area contributed by atoms with Crippen molar-refractivity contribution in [2.24, 2.45) is 0 Å². The van der Waals surface area contributed by atoms with E-state index in [2.05, 4.69) is 42.6 Å². The average molecular weight is 341 g/mol. The summed E-state index contributed by atoms with van der Waals surface area (Å²) in [6.45, 7) is 4.58. The minimum absolute atomic E-state index is 0.746. The molecule has 25 heavy (non-hydrogen) atoms. The van der Waals surface area contributed by atoms with Crippen LogP contribution in [0.3, 0.4) is 0 Å². The Morgan fingerprint density at radius 3 is 2.40 bits per heavy atom. The highest BCUT2D eigenvalue weighted by atomic mass is 16.5. The van der Waals surface area contributed by atoms with Crippen molar-refractivity contribution in [3.05, 3.63) is 59.7 Å². The predicted octanol–water partition coefficient (Wildman–Crippen LogP) is 5.33. The quantitative estimate of drug-likeness (QED) is 0.529. The van der Waals surface area contributed by atoms with Crippen molar-refractivity contribution in [3.63, 3.8) is 0 Å². The predicted molar refractivity (Wildman–Crippen MR) is 104 cm³/mol. The van der Waals surface area contributed by atoms with E-state index in [1.54, 1.807) is 7.11 Å². The smallest absolute Gasteiger partial charge is 0.165 e. The van der Waals surface area contributed by atoms with Gasteiger partial charge in [-0.3, -0.25) is 0 Å². The van der Waals surface area contributed by atoms with E-state index in [0.29, 0.717) is 0 Å². The van der Waals surface area contributed by atoms with E-state index in [0.717, 1.165) is 43.2 Å². The summed E-state index contributed by atoms with van der Waals surface area (Å²) in [6.07, 6.45) is 6.19. The van der Waals surface area contributed by atoms with Crippen LogP contribution in [0.2, 0.25) is 0 Å². The van der Waals surface area contributed by atoms with Crippen LogP contribution in [-0.2, 0) is 13.1 Å². The molecule has 0 amide bonds. The maximum atomic E-state index is 6.08. The van der Waals surface area contributed by atoms with Crippen molar-refractivity contribution in [1.82, 2.24) is 5.32 Å². The number of hydrogen-bond acceptors (Lipinski definition) is 3. The molecule has 0 saturated heterocycles. The zero-order valence-electron chi connectivity index (χ0n) is 15.6. The first-order valence-corrected chi connectivity index (χ1v) is 9.38. The van der Waals surface area contributed by atoms with Gasteiger partial charge in [0.25, 0.3) is 0 Å². The summed E-state index contributed by atoms with van der Waals surface area (Å²) in [5.41, 5.74) is 2.42. The molecule has 0 aliphatic heterocycles. The van der Waals surface area contributed by atoms with Crippen LogP contribution in [0, 0.1) is 0 Å². The standard InChI is InChI=1S/C22H31NO2/c1-3-4-5-6-10-16-25-22-20(14-11-15-21(22)24-2)18-23-17-19-12-8-7-9-13-19/h7-9,11-15,23H,3-6,10,16-18H2,1-2H3. The number of ether oxygens (including phenoxy) is 2. The third-order valence-corrected chi connectivity index (χ3v) is 4.26. The Balaban J connectivity index is 1.88. The summed E-state index contributed by atoms with van der Waals surface area (Å²) >= 11 is 0. The second-order valence-corrected chi connectivity index (χ2v) is 6.30. The van der Waals surface area contributed by atoms with Crippen LogP contribution in [0.5, 0.6) is 11.5 Å². The fraction of sp³-hybridized carbons (Fsp3) is 0.455. The molecule has 0 aromatic heterocycles. The summed E-state index contributed by atoms with van der Waals surface area (Å²) in [7, 11) is 1.70. The zero-order chi connectivity index (χ0) is 17.7. The van der Waals surface area contributed by atoms with Crippen LogP contribution < -0.4 is 14.8 Å². The number of hydrogen-bond donors (Lipinski definition) is 1. The van der Waals surface area contributed by atoms with Crippen molar-refractivity contribution >= 4 is 0 Å². The molecule has 0 unspecified atom stereocenters. The maximum Gasteiger partial charge on any atom is 0.165 e. The van der Waals surface area contributed by atoms with Crippen molar-refractivity contribution < 1.29 is 9.47 Å². The Morgan fingerprint density at radius 1 is 0.840 bits per heavy atom. The van der Waals surface area contributed by atoms with Gasteiger partial charge in [-0.05, 0) is 18.1 Å². The van der Waals surface area contributed by atoms with E-state index < -0.39 is 0 Å². The average Bonchev–Trinajstić information content (AvgIpc) is 2.66. The van der Waals surface area contributed by atoms with Gasteiger partial charge in [0.1, 0.15) is 0 Å². The Labute approximate surface area is 152 Å². The molecule has 0 fully saturated rings. The van der Waals surface area contributed by atoms with Gasteiger partial charge in [0.2, 0.25) is 0 Å². The van der Waals surface area contributed by atoms with Crippen LogP contribution in [0.4, 0.5) is 0 Å². The summed E-state index contributed by atoms with van der Waals surface area (Å²) < 4.78 is 11.6. The highest BCUT2D eigenvalue weighted by Gasteiger charge is 2.10. The molecule has 2 aromatic carbocycles. The van der Waals surface area contributed by atoms with Gasteiger partial charge in [0, 0.05) is 18.7 Å². The van der Waals surface area contributed by atoms with Crippen molar-refractivity contribution in [3.8, 4) is 11.5 Å². The summed E-state index contributed by atoms with van der Waals surface area (Å²) in [4.78, 5) is 0. The van der Waals surface area contributed by atoms with Gasteiger partial charge >= 0.3 is 0 Å². The molecule has 0 aliphatic carbocycles. The number of benzene rings is 2. The lowest BCUT2D eigenvalue weighted by atomic mass is 10.1. The Bertz CT molecular complexity index is 598. The van der Waals surface area contributed by atoms with Crippen LogP contribution in [0.25, 0.3) is 0 Å². The maximum absolute atomic E-state index is 6.08. The van der Waals surface area contributed by atoms with Crippen LogP contribution in [-0.4, -0.2) is 13.7 Å². The monoisotopic (exact) mass is 341 g/mol. The SMILES string of the molecule is CCCCCCCOc1c(CNCc2ccccc2)cccc1OC. The fourth-order valence-electron chi connectivity index (χ4n) is 2.84. The lowest BCUT2D eigenvalue weighted by molar-refractivity contribution is 0.281. The minimum atomic E-state index is 0.746. The Morgan fingerprint density at radius 2 is 1.64 bits per heavy atom. The molecular formula is C22H31NO2. The second-order valence-electron chi connectivity index (χ2n) is 6.30. The van der Waals surface area contributed by atoms with E-state index in [9.17, 15) is 0 Å². The molecule has 3 nitrogen and oxygen atoms in total. The molecule has 0 saturated carbocycles. The van der Waals surface area contributed by atoms with Crippen LogP contribution in [0.15, 0.2) is 48.5 Å². The fourth-order valence-corrected chi connectivity index (χ4v) is 2.84. The molecule has 0 aliphatic rings. The van der Waals surface area contributed by atoms with Gasteiger partial charge in [0.05, 0.1) is 13.7 Å². The molecule has 0 spiro atoms. The summed E-state index contributed by atoms with van der Waals surface area (Å²) in [5, 5.41) is 3.49. The number of rotatable bonds is 12. The number of nitrogens with one attached hydrogen (secondary N) is 1. The van der Waals surface area contributed by atoms with Crippen molar-refractivity contribution in [2.75, 3.05) is 13.7 Å². The topological polar surface area (TPSA) is 30.5 Å². The lowest BCUT2D eigenvalue weighted by Crippen LogP contribution is -2.14. The van der Waals surface area contributed by atoms with Gasteiger partial charge in [-0.1, -0.05) is 75.1 Å². The van der Waals surface area contributed by atoms with E-state index >= 15 is 0 Å². The first-order valence-electron chi connectivity index (χ1n) is 9.38. The second kappa shape index (κ2) is 11.5. The van der Waals surface area contributed by atoms with E-state index in [-0.39, 0.29) is 0 Å². The third kappa shape index (κ3) is 6.79. The first-order chi connectivity index (χ1) is 12.3. The molecule has 0 heterocycles. The molecule has 3 heteroatoms. The molecule has 1 N–H and O–H groups in total. The van der Waals surface area contributed by atoms with Crippen LogP contribution >= 0.6 is 0 Å². The molecule has 2 rings (SSSR count). The van der Waals surface area contributed by atoms with E-state index in [1.807, 2.05) is 18.2 Å². The van der Waals surface area contributed by atoms with E-state index in [1.165, 1.54) is 31.2 Å². The Hall–Kier alpha value is -2.00. The molecule has 2 aromatic rings. The van der Waals surface area contributed by atoms with Crippen LogP contribution in [0.1, 0.15) is 50.2 Å². The normalized spacial score (nSPS) is 10.6. The minimum Gasteiger partial charge on any atom is -0.493 e. The summed E-state index contributed by atoms with van der Waals surface area (Å²) in [5.74, 6) is 1.69. The molecule has 0 bridgehead atoms. The van der Waals surface area contributed by atoms with Crippen molar-refractivity contribution in [1.29, 1.82) is 0 Å². The van der Waals surface area contributed by atoms with E-state index in [4.69, 9.17) is 9.47 Å². The van der Waals surface area contributed by atoms with Gasteiger partial charge < -0.3 is 14.8 Å².